The molecule has 0 aliphatic carbocycles. The summed E-state index contributed by atoms with van der Waals surface area (Å²) in [5, 5.41) is 18.9. The summed E-state index contributed by atoms with van der Waals surface area (Å²) in [5.74, 6) is 0.621. The monoisotopic (exact) mass is 288 g/mol. The SMILES string of the molecule is N#Cc1cccc(OCC(O)CN2CC3CCC(C2)O3)c1. The van der Waals surface area contributed by atoms with Crippen molar-refractivity contribution < 1.29 is 14.6 Å². The number of hydrogen-bond acceptors (Lipinski definition) is 5. The molecule has 2 bridgehead atoms. The minimum absolute atomic E-state index is 0.238. The summed E-state index contributed by atoms with van der Waals surface area (Å²) in [7, 11) is 0. The van der Waals surface area contributed by atoms with Gasteiger partial charge < -0.3 is 14.6 Å². The van der Waals surface area contributed by atoms with Crippen LogP contribution in [0.3, 0.4) is 0 Å². The van der Waals surface area contributed by atoms with Crippen LogP contribution in [0.4, 0.5) is 0 Å². The molecular weight excluding hydrogens is 268 g/mol. The standard InChI is InChI=1S/C16H20N2O3/c17-7-12-2-1-3-14(6-12)20-11-13(19)8-18-9-15-4-5-16(10-18)21-15/h1-3,6,13,15-16,19H,4-5,8-11H2. The number of fused-ring (bicyclic) bond motifs is 2. The second kappa shape index (κ2) is 6.44. The first kappa shape index (κ1) is 14.3. The molecule has 2 fully saturated rings. The largest absolute Gasteiger partial charge is 0.491 e. The summed E-state index contributed by atoms with van der Waals surface area (Å²) in [6.45, 7) is 2.64. The van der Waals surface area contributed by atoms with E-state index in [9.17, 15) is 5.11 Å². The third kappa shape index (κ3) is 3.73. The number of aliphatic hydroxyl groups excluding tert-OH is 1. The average Bonchev–Trinajstić information content (AvgIpc) is 2.84. The number of likely N-dealkylation sites (tertiary alicyclic amines) is 1. The fourth-order valence-electron chi connectivity index (χ4n) is 3.05. The van der Waals surface area contributed by atoms with Crippen LogP contribution in [0.25, 0.3) is 0 Å². The first-order valence-corrected chi connectivity index (χ1v) is 7.42. The van der Waals surface area contributed by atoms with Crippen LogP contribution in [0.5, 0.6) is 5.75 Å². The molecule has 1 aromatic carbocycles. The van der Waals surface area contributed by atoms with E-state index in [0.717, 1.165) is 25.9 Å². The zero-order valence-corrected chi connectivity index (χ0v) is 11.9. The lowest BCUT2D eigenvalue weighted by molar-refractivity contribution is -0.0528. The normalized spacial score (nSPS) is 26.3. The molecule has 1 aromatic rings. The molecule has 112 valence electrons. The maximum atomic E-state index is 10.1. The molecule has 3 rings (SSSR count). The molecule has 0 saturated carbocycles. The van der Waals surface area contributed by atoms with Crippen molar-refractivity contribution in [2.75, 3.05) is 26.2 Å². The topological polar surface area (TPSA) is 65.7 Å². The Bertz CT molecular complexity index is 516. The van der Waals surface area contributed by atoms with Gasteiger partial charge in [0.05, 0.1) is 23.8 Å². The van der Waals surface area contributed by atoms with Gasteiger partial charge in [-0.2, -0.15) is 5.26 Å². The highest BCUT2D eigenvalue weighted by Gasteiger charge is 2.34. The number of benzene rings is 1. The van der Waals surface area contributed by atoms with Crippen molar-refractivity contribution in [2.45, 2.75) is 31.2 Å². The molecular formula is C16H20N2O3. The van der Waals surface area contributed by atoms with Crippen LogP contribution in [0.2, 0.25) is 0 Å². The summed E-state index contributed by atoms with van der Waals surface area (Å²) < 4.78 is 11.3. The predicted octanol–water partition coefficient (Wildman–Crippen LogP) is 1.16. The lowest BCUT2D eigenvalue weighted by atomic mass is 10.2. The third-order valence-electron chi connectivity index (χ3n) is 3.99. The number of ether oxygens (including phenoxy) is 2. The van der Waals surface area contributed by atoms with Gasteiger partial charge in [-0.25, -0.2) is 0 Å². The minimum Gasteiger partial charge on any atom is -0.491 e. The number of nitriles is 1. The molecule has 5 nitrogen and oxygen atoms in total. The van der Waals surface area contributed by atoms with E-state index in [0.29, 0.717) is 30.1 Å². The Labute approximate surface area is 124 Å². The third-order valence-corrected chi connectivity index (χ3v) is 3.99. The Kier molecular flexibility index (Phi) is 4.39. The molecule has 1 N–H and O–H groups in total. The van der Waals surface area contributed by atoms with E-state index in [1.54, 1.807) is 24.3 Å². The smallest absolute Gasteiger partial charge is 0.120 e. The molecule has 2 saturated heterocycles. The second-order valence-electron chi connectivity index (χ2n) is 5.78. The zero-order valence-electron chi connectivity index (χ0n) is 11.9. The van der Waals surface area contributed by atoms with Crippen molar-refractivity contribution in [2.24, 2.45) is 0 Å². The van der Waals surface area contributed by atoms with Gasteiger partial charge in [0.2, 0.25) is 0 Å². The number of β-amino-alcohol motifs (C(OH)–C–C–N with tert-alkyl or cyclic N) is 1. The van der Waals surface area contributed by atoms with E-state index in [2.05, 4.69) is 11.0 Å². The van der Waals surface area contributed by atoms with Gasteiger partial charge in [0.1, 0.15) is 18.5 Å². The molecule has 5 heteroatoms. The quantitative estimate of drug-likeness (QED) is 0.881. The molecule has 2 heterocycles. The number of nitrogens with zero attached hydrogens (tertiary/aromatic N) is 2. The van der Waals surface area contributed by atoms with Crippen LogP contribution < -0.4 is 4.74 Å². The maximum absolute atomic E-state index is 10.1. The van der Waals surface area contributed by atoms with Crippen molar-refractivity contribution in [1.29, 1.82) is 5.26 Å². The highest BCUT2D eigenvalue weighted by Crippen LogP contribution is 2.26. The molecule has 0 radical (unpaired) electrons. The Hall–Kier alpha value is -1.61. The van der Waals surface area contributed by atoms with Gasteiger partial charge in [0, 0.05) is 19.6 Å². The van der Waals surface area contributed by atoms with E-state index in [4.69, 9.17) is 14.7 Å². The Balaban J connectivity index is 1.46. The number of aliphatic hydroxyl groups is 1. The fraction of sp³-hybridized carbons (Fsp3) is 0.562. The van der Waals surface area contributed by atoms with Gasteiger partial charge in [0.25, 0.3) is 0 Å². The van der Waals surface area contributed by atoms with Gasteiger partial charge in [-0.15, -0.1) is 0 Å². The van der Waals surface area contributed by atoms with E-state index in [1.165, 1.54) is 0 Å². The molecule has 0 aromatic heterocycles. The summed E-state index contributed by atoms with van der Waals surface area (Å²) >= 11 is 0. The average molecular weight is 288 g/mol. The van der Waals surface area contributed by atoms with E-state index >= 15 is 0 Å². The lowest BCUT2D eigenvalue weighted by Crippen LogP contribution is -2.46. The molecule has 2 aliphatic rings. The van der Waals surface area contributed by atoms with Gasteiger partial charge in [-0.1, -0.05) is 6.07 Å². The summed E-state index contributed by atoms with van der Waals surface area (Å²) in [4.78, 5) is 2.26. The molecule has 21 heavy (non-hydrogen) atoms. The predicted molar refractivity (Wildman–Crippen MR) is 77.0 cm³/mol. The van der Waals surface area contributed by atoms with Crippen molar-refractivity contribution >= 4 is 0 Å². The van der Waals surface area contributed by atoms with Crippen molar-refractivity contribution in [3.8, 4) is 11.8 Å². The van der Waals surface area contributed by atoms with Gasteiger partial charge in [-0.05, 0) is 31.0 Å². The van der Waals surface area contributed by atoms with E-state index in [-0.39, 0.29) is 6.61 Å². The Morgan fingerprint density at radius 2 is 2.14 bits per heavy atom. The highest BCUT2D eigenvalue weighted by atomic mass is 16.5. The minimum atomic E-state index is -0.534. The molecule has 2 aliphatic heterocycles. The van der Waals surface area contributed by atoms with E-state index in [1.807, 2.05) is 0 Å². The molecule has 0 amide bonds. The first-order valence-electron chi connectivity index (χ1n) is 7.42. The van der Waals surface area contributed by atoms with Gasteiger partial charge >= 0.3 is 0 Å². The van der Waals surface area contributed by atoms with Gasteiger partial charge in [0.15, 0.2) is 0 Å². The summed E-state index contributed by atoms with van der Waals surface area (Å²) in [6, 6.07) is 9.06. The van der Waals surface area contributed by atoms with E-state index < -0.39 is 6.10 Å². The van der Waals surface area contributed by atoms with Crippen LogP contribution in [-0.4, -0.2) is 54.6 Å². The lowest BCUT2D eigenvalue weighted by Gasteiger charge is -2.33. The highest BCUT2D eigenvalue weighted by molar-refractivity contribution is 5.36. The molecule has 3 unspecified atom stereocenters. The first-order chi connectivity index (χ1) is 10.2. The van der Waals surface area contributed by atoms with Crippen LogP contribution in [0.1, 0.15) is 18.4 Å². The number of hydrogen-bond donors (Lipinski definition) is 1. The van der Waals surface area contributed by atoms with Crippen molar-refractivity contribution in [1.82, 2.24) is 4.90 Å². The number of morpholine rings is 1. The zero-order chi connectivity index (χ0) is 14.7. The van der Waals surface area contributed by atoms with Crippen molar-refractivity contribution in [3.05, 3.63) is 29.8 Å². The Morgan fingerprint density at radius 3 is 2.86 bits per heavy atom. The van der Waals surface area contributed by atoms with Crippen LogP contribution >= 0.6 is 0 Å². The number of rotatable bonds is 5. The van der Waals surface area contributed by atoms with Crippen LogP contribution in [0, 0.1) is 11.3 Å². The molecule has 3 atom stereocenters. The molecule has 0 spiro atoms. The van der Waals surface area contributed by atoms with Gasteiger partial charge in [-0.3, -0.25) is 4.90 Å². The maximum Gasteiger partial charge on any atom is 0.120 e. The van der Waals surface area contributed by atoms with Crippen LogP contribution in [-0.2, 0) is 4.74 Å². The fourth-order valence-corrected chi connectivity index (χ4v) is 3.05. The Morgan fingerprint density at radius 1 is 1.38 bits per heavy atom. The summed E-state index contributed by atoms with van der Waals surface area (Å²) in [6.07, 6.45) is 2.41. The van der Waals surface area contributed by atoms with Crippen molar-refractivity contribution in [3.63, 3.8) is 0 Å². The summed E-state index contributed by atoms with van der Waals surface area (Å²) in [5.41, 5.74) is 0.562. The van der Waals surface area contributed by atoms with Crippen LogP contribution in [0.15, 0.2) is 24.3 Å². The second-order valence-corrected chi connectivity index (χ2v) is 5.78.